The van der Waals surface area contributed by atoms with Gasteiger partial charge < -0.3 is 5.11 Å². The second kappa shape index (κ2) is 4.74. The average molecular weight is 255 g/mol. The molecule has 2 rings (SSSR count). The van der Waals surface area contributed by atoms with E-state index in [2.05, 4.69) is 4.98 Å². The van der Waals surface area contributed by atoms with Crippen LogP contribution in [0.2, 0.25) is 0 Å². The second-order valence-corrected chi connectivity index (χ2v) is 6.98. The van der Waals surface area contributed by atoms with Crippen molar-refractivity contribution in [3.8, 4) is 0 Å². The zero-order valence-electron chi connectivity index (χ0n) is 9.83. The van der Waals surface area contributed by atoms with Crippen LogP contribution >= 0.6 is 0 Å². The molecule has 0 radical (unpaired) electrons. The molecule has 0 bridgehead atoms. The molecule has 17 heavy (non-hydrogen) atoms. The van der Waals surface area contributed by atoms with E-state index in [1.54, 1.807) is 6.20 Å². The van der Waals surface area contributed by atoms with Crippen LogP contribution in [-0.2, 0) is 9.84 Å². The van der Waals surface area contributed by atoms with E-state index in [0.717, 1.165) is 11.3 Å². The number of aryl methyl sites for hydroxylation is 1. The summed E-state index contributed by atoms with van der Waals surface area (Å²) >= 11 is 0. The maximum absolute atomic E-state index is 11.3. The van der Waals surface area contributed by atoms with Gasteiger partial charge in [-0.2, -0.15) is 0 Å². The molecule has 1 fully saturated rings. The van der Waals surface area contributed by atoms with Crippen molar-refractivity contribution >= 4 is 9.84 Å². The summed E-state index contributed by atoms with van der Waals surface area (Å²) in [7, 11) is -2.86. The van der Waals surface area contributed by atoms with Gasteiger partial charge in [-0.05, 0) is 37.3 Å². The predicted molar refractivity (Wildman–Crippen MR) is 65.3 cm³/mol. The summed E-state index contributed by atoms with van der Waals surface area (Å²) in [6.07, 6.45) is 2.22. The Labute approximate surface area is 102 Å². The molecule has 94 valence electrons. The molecule has 0 aliphatic carbocycles. The van der Waals surface area contributed by atoms with Gasteiger partial charge in [0.25, 0.3) is 0 Å². The Morgan fingerprint density at radius 3 is 2.82 bits per heavy atom. The van der Waals surface area contributed by atoms with Crippen molar-refractivity contribution < 1.29 is 13.5 Å². The van der Waals surface area contributed by atoms with Crippen molar-refractivity contribution in [3.63, 3.8) is 0 Å². The van der Waals surface area contributed by atoms with E-state index in [1.165, 1.54) is 0 Å². The summed E-state index contributed by atoms with van der Waals surface area (Å²) in [6, 6.07) is 3.69. The third kappa shape index (κ3) is 3.26. The molecule has 1 aliphatic heterocycles. The molecule has 5 heteroatoms. The number of hydrogen-bond donors (Lipinski definition) is 1. The van der Waals surface area contributed by atoms with Crippen molar-refractivity contribution in [1.82, 2.24) is 4.98 Å². The fourth-order valence-electron chi connectivity index (χ4n) is 2.19. The first-order chi connectivity index (χ1) is 7.96. The van der Waals surface area contributed by atoms with Crippen LogP contribution in [0, 0.1) is 12.8 Å². The Morgan fingerprint density at radius 1 is 1.53 bits per heavy atom. The normalized spacial score (nSPS) is 24.7. The van der Waals surface area contributed by atoms with Crippen molar-refractivity contribution in [2.75, 3.05) is 11.5 Å². The third-order valence-electron chi connectivity index (χ3n) is 3.20. The van der Waals surface area contributed by atoms with Gasteiger partial charge in [0.2, 0.25) is 0 Å². The number of rotatable bonds is 3. The monoisotopic (exact) mass is 255 g/mol. The summed E-state index contributed by atoms with van der Waals surface area (Å²) in [5.41, 5.74) is 1.67. The van der Waals surface area contributed by atoms with Crippen LogP contribution in [0.15, 0.2) is 18.3 Å². The van der Waals surface area contributed by atoms with E-state index in [4.69, 9.17) is 0 Å². The van der Waals surface area contributed by atoms with Gasteiger partial charge in [0.15, 0.2) is 9.84 Å². The Balaban J connectivity index is 1.98. The van der Waals surface area contributed by atoms with Crippen molar-refractivity contribution in [3.05, 3.63) is 29.6 Å². The number of nitrogens with zero attached hydrogens (tertiary/aromatic N) is 1. The Hall–Kier alpha value is -0.940. The fourth-order valence-corrected chi connectivity index (χ4v) is 4.07. The SMILES string of the molecule is Cc1ccc(C(O)CC2CCS(=O)(=O)C2)cn1. The molecule has 2 atom stereocenters. The van der Waals surface area contributed by atoms with Gasteiger partial charge in [-0.3, -0.25) is 4.98 Å². The van der Waals surface area contributed by atoms with Gasteiger partial charge in [-0.15, -0.1) is 0 Å². The molecule has 1 saturated heterocycles. The molecule has 1 aromatic heterocycles. The van der Waals surface area contributed by atoms with Crippen LogP contribution in [0.25, 0.3) is 0 Å². The third-order valence-corrected chi connectivity index (χ3v) is 5.04. The van der Waals surface area contributed by atoms with Crippen LogP contribution in [0.1, 0.15) is 30.2 Å². The molecule has 0 spiro atoms. The summed E-state index contributed by atoms with van der Waals surface area (Å²) in [5.74, 6) is 0.552. The van der Waals surface area contributed by atoms with E-state index >= 15 is 0 Å². The standard InChI is InChI=1S/C12H17NO3S/c1-9-2-3-11(7-13-9)12(14)6-10-4-5-17(15,16)8-10/h2-3,7,10,12,14H,4-6,8H2,1H3. The van der Waals surface area contributed by atoms with Crippen LogP contribution in [0.3, 0.4) is 0 Å². The first kappa shape index (κ1) is 12.5. The zero-order valence-corrected chi connectivity index (χ0v) is 10.7. The topological polar surface area (TPSA) is 67.3 Å². The van der Waals surface area contributed by atoms with E-state index in [9.17, 15) is 13.5 Å². The minimum atomic E-state index is -2.86. The Kier molecular flexibility index (Phi) is 3.49. The average Bonchev–Trinajstić information content (AvgIpc) is 2.59. The minimum Gasteiger partial charge on any atom is -0.388 e. The van der Waals surface area contributed by atoms with Gasteiger partial charge >= 0.3 is 0 Å². The number of aromatic nitrogens is 1. The van der Waals surface area contributed by atoms with E-state index in [-0.39, 0.29) is 17.4 Å². The molecule has 2 heterocycles. The lowest BCUT2D eigenvalue weighted by Gasteiger charge is -2.14. The molecule has 0 amide bonds. The molecule has 1 N–H and O–H groups in total. The molecule has 0 aromatic carbocycles. The molecular formula is C12H17NO3S. The largest absolute Gasteiger partial charge is 0.388 e. The number of hydrogen-bond acceptors (Lipinski definition) is 4. The molecule has 0 saturated carbocycles. The number of aliphatic hydroxyl groups is 1. The highest BCUT2D eigenvalue weighted by molar-refractivity contribution is 7.91. The number of pyridine rings is 1. The lowest BCUT2D eigenvalue weighted by molar-refractivity contribution is 0.148. The smallest absolute Gasteiger partial charge is 0.150 e. The van der Waals surface area contributed by atoms with Crippen LogP contribution in [0.5, 0.6) is 0 Å². The van der Waals surface area contributed by atoms with Gasteiger partial charge in [0.05, 0.1) is 17.6 Å². The molecule has 2 unspecified atom stereocenters. The van der Waals surface area contributed by atoms with Crippen LogP contribution < -0.4 is 0 Å². The molecule has 4 nitrogen and oxygen atoms in total. The Bertz CT molecular complexity index is 481. The van der Waals surface area contributed by atoms with Crippen LogP contribution in [0.4, 0.5) is 0 Å². The quantitative estimate of drug-likeness (QED) is 0.882. The van der Waals surface area contributed by atoms with Crippen molar-refractivity contribution in [1.29, 1.82) is 0 Å². The maximum atomic E-state index is 11.3. The van der Waals surface area contributed by atoms with E-state index in [0.29, 0.717) is 12.8 Å². The lowest BCUT2D eigenvalue weighted by atomic mass is 9.97. The maximum Gasteiger partial charge on any atom is 0.150 e. The highest BCUT2D eigenvalue weighted by Gasteiger charge is 2.29. The molecular weight excluding hydrogens is 238 g/mol. The minimum absolute atomic E-state index is 0.0799. The first-order valence-electron chi connectivity index (χ1n) is 5.77. The molecule has 1 aliphatic rings. The number of aliphatic hydroxyl groups excluding tert-OH is 1. The highest BCUT2D eigenvalue weighted by Crippen LogP contribution is 2.28. The van der Waals surface area contributed by atoms with E-state index in [1.807, 2.05) is 19.1 Å². The summed E-state index contributed by atoms with van der Waals surface area (Å²) in [5, 5.41) is 10.0. The molecule has 1 aromatic rings. The lowest BCUT2D eigenvalue weighted by Crippen LogP contribution is -2.09. The first-order valence-corrected chi connectivity index (χ1v) is 7.59. The van der Waals surface area contributed by atoms with Crippen molar-refractivity contribution in [2.24, 2.45) is 5.92 Å². The summed E-state index contributed by atoms with van der Waals surface area (Å²) in [6.45, 7) is 1.89. The predicted octanol–water partition coefficient (Wildman–Crippen LogP) is 1.25. The summed E-state index contributed by atoms with van der Waals surface area (Å²) in [4.78, 5) is 4.13. The van der Waals surface area contributed by atoms with Crippen molar-refractivity contribution in [2.45, 2.75) is 25.9 Å². The summed E-state index contributed by atoms with van der Waals surface area (Å²) < 4.78 is 22.6. The highest BCUT2D eigenvalue weighted by atomic mass is 32.2. The van der Waals surface area contributed by atoms with Crippen LogP contribution in [-0.4, -0.2) is 30.0 Å². The van der Waals surface area contributed by atoms with E-state index < -0.39 is 15.9 Å². The second-order valence-electron chi connectivity index (χ2n) is 4.75. The van der Waals surface area contributed by atoms with Gasteiger partial charge in [0.1, 0.15) is 0 Å². The van der Waals surface area contributed by atoms with Gasteiger partial charge in [0, 0.05) is 11.9 Å². The Morgan fingerprint density at radius 2 is 2.29 bits per heavy atom. The fraction of sp³-hybridized carbons (Fsp3) is 0.583. The van der Waals surface area contributed by atoms with Gasteiger partial charge in [-0.1, -0.05) is 6.07 Å². The zero-order chi connectivity index (χ0) is 12.5. The van der Waals surface area contributed by atoms with Gasteiger partial charge in [-0.25, -0.2) is 8.42 Å². The number of sulfone groups is 1.